The van der Waals surface area contributed by atoms with Gasteiger partial charge in [-0.15, -0.1) is 0 Å². The van der Waals surface area contributed by atoms with Crippen molar-refractivity contribution in [3.05, 3.63) is 90.3 Å². The Morgan fingerprint density at radius 1 is 0.823 bits per heavy atom. The highest BCUT2D eigenvalue weighted by atomic mass is 16.5. The number of aromatic nitrogens is 4. The summed E-state index contributed by atoms with van der Waals surface area (Å²) in [4.78, 5) is 53.9. The fraction of sp³-hybridized carbons (Fsp3) is 0.435. The molecule has 0 spiro atoms. The number of amides is 2. The molecule has 1 atom stereocenters. The Hall–Kier alpha value is -5.78. The Kier molecular flexibility index (Phi) is 14.1. The number of benzene rings is 3. The number of nitrogens with two attached hydrogens (primary N) is 1. The molecule has 62 heavy (non-hydrogen) atoms. The molecule has 3 aliphatic rings. The topological polar surface area (TPSA) is 174 Å². The standard InChI is InChI=1S/C46H56N10O6/c1-52(40-13-14-41(58)50-46(40)59)30-35-29-37(10-7-34(35)31-57)55-21-19-54(20-22-55)24-26-61-28-27-60-25-23-53-17-15-36(16-18-53)56-45-42(44(47)48-32-49-45)43(51-56)33-8-11-39(12-9-33)62-38-5-3-2-4-6-38/h2-12,29,31-32,36,40H,13-28,30H2,1H3,(H2,47,48,49)(H,50,58,59). The summed E-state index contributed by atoms with van der Waals surface area (Å²) in [5.41, 5.74) is 11.4. The van der Waals surface area contributed by atoms with Gasteiger partial charge in [-0.1, -0.05) is 18.2 Å². The smallest absolute Gasteiger partial charge is 0.243 e. The van der Waals surface area contributed by atoms with Crippen LogP contribution in [0, 0.1) is 0 Å². The lowest BCUT2D eigenvalue weighted by Gasteiger charge is -2.36. The summed E-state index contributed by atoms with van der Waals surface area (Å²) in [6.07, 6.45) is 5.06. The van der Waals surface area contributed by atoms with Gasteiger partial charge in [-0.05, 0) is 86.5 Å². The minimum atomic E-state index is -0.398. The maximum Gasteiger partial charge on any atom is 0.243 e. The molecule has 3 aliphatic heterocycles. The molecule has 3 saturated heterocycles. The minimum Gasteiger partial charge on any atom is -0.457 e. The Bertz CT molecular complexity index is 2290. The van der Waals surface area contributed by atoms with E-state index in [9.17, 15) is 14.4 Å². The highest BCUT2D eigenvalue weighted by Gasteiger charge is 2.31. The van der Waals surface area contributed by atoms with Crippen molar-refractivity contribution in [3.63, 3.8) is 0 Å². The summed E-state index contributed by atoms with van der Waals surface area (Å²) in [6, 6.07) is 23.3. The zero-order valence-corrected chi connectivity index (χ0v) is 35.4. The number of anilines is 2. The average Bonchev–Trinajstić information content (AvgIpc) is 3.69. The fourth-order valence-corrected chi connectivity index (χ4v) is 8.61. The highest BCUT2D eigenvalue weighted by Crippen LogP contribution is 2.35. The molecular formula is C46H56N10O6. The number of fused-ring (bicyclic) bond motifs is 1. The molecule has 1 unspecified atom stereocenters. The number of likely N-dealkylation sites (N-methyl/N-ethyl adjacent to an activating group) is 1. The number of carbonyl (C=O) groups excluding carboxylic acids is 3. The van der Waals surface area contributed by atoms with Crippen LogP contribution in [-0.4, -0.2) is 144 Å². The number of aldehydes is 1. The largest absolute Gasteiger partial charge is 0.457 e. The summed E-state index contributed by atoms with van der Waals surface area (Å²) >= 11 is 0. The first-order chi connectivity index (χ1) is 30.3. The van der Waals surface area contributed by atoms with Crippen molar-refractivity contribution in [3.8, 4) is 22.8 Å². The van der Waals surface area contributed by atoms with Gasteiger partial charge in [0.15, 0.2) is 5.65 Å². The van der Waals surface area contributed by atoms with Gasteiger partial charge in [0.2, 0.25) is 11.8 Å². The third-order valence-electron chi connectivity index (χ3n) is 12.2. The van der Waals surface area contributed by atoms with E-state index >= 15 is 0 Å². The first-order valence-corrected chi connectivity index (χ1v) is 21.6. The van der Waals surface area contributed by atoms with Crippen molar-refractivity contribution in [2.45, 2.75) is 44.3 Å². The fourth-order valence-electron chi connectivity index (χ4n) is 8.61. The van der Waals surface area contributed by atoms with Crippen molar-refractivity contribution >= 4 is 40.6 Å². The van der Waals surface area contributed by atoms with Crippen LogP contribution >= 0.6 is 0 Å². The Balaban J connectivity index is 0.718. The monoisotopic (exact) mass is 844 g/mol. The van der Waals surface area contributed by atoms with E-state index in [4.69, 9.17) is 25.0 Å². The third kappa shape index (κ3) is 10.5. The van der Waals surface area contributed by atoms with Crippen LogP contribution in [0.3, 0.4) is 0 Å². The van der Waals surface area contributed by atoms with Gasteiger partial charge < -0.3 is 29.7 Å². The molecule has 3 aromatic carbocycles. The van der Waals surface area contributed by atoms with Crippen LogP contribution in [0.1, 0.15) is 47.6 Å². The molecule has 5 heterocycles. The number of imide groups is 1. The Labute approximate surface area is 361 Å². The minimum absolute atomic E-state index is 0.198. The van der Waals surface area contributed by atoms with Gasteiger partial charge in [0.1, 0.15) is 35.6 Å². The van der Waals surface area contributed by atoms with E-state index in [1.165, 1.54) is 6.33 Å². The SMILES string of the molecule is CN(Cc1cc(N2CCN(CCOCCOCCN3CCC(n4nc(-c5ccc(Oc6ccccc6)cc5)c5c(N)ncnc54)CC3)CC2)ccc1C=O)C1CCC(=O)NC1=O. The van der Waals surface area contributed by atoms with Crippen molar-refractivity contribution in [1.29, 1.82) is 0 Å². The van der Waals surface area contributed by atoms with E-state index in [1.807, 2.05) is 83.4 Å². The second-order valence-electron chi connectivity index (χ2n) is 16.2. The lowest BCUT2D eigenvalue weighted by molar-refractivity contribution is -0.137. The number of piperidine rings is 2. The van der Waals surface area contributed by atoms with Crippen LogP contribution in [0.15, 0.2) is 79.1 Å². The van der Waals surface area contributed by atoms with E-state index in [0.29, 0.717) is 57.2 Å². The number of ether oxygens (including phenoxy) is 3. The van der Waals surface area contributed by atoms with Crippen molar-refractivity contribution < 1.29 is 28.6 Å². The van der Waals surface area contributed by atoms with Crippen molar-refractivity contribution in [2.24, 2.45) is 0 Å². The Morgan fingerprint density at radius 3 is 2.21 bits per heavy atom. The molecular weight excluding hydrogens is 789 g/mol. The lowest BCUT2D eigenvalue weighted by atomic mass is 10.0. The molecule has 3 fully saturated rings. The molecule has 2 aromatic heterocycles. The zero-order chi connectivity index (χ0) is 42.8. The predicted molar refractivity (Wildman–Crippen MR) is 236 cm³/mol. The number of nitrogens with zero attached hydrogens (tertiary/aromatic N) is 8. The predicted octanol–water partition coefficient (Wildman–Crippen LogP) is 4.41. The average molecular weight is 845 g/mol. The number of nitrogen functional groups attached to an aromatic ring is 1. The summed E-state index contributed by atoms with van der Waals surface area (Å²) in [7, 11) is 1.86. The molecule has 0 radical (unpaired) electrons. The molecule has 8 rings (SSSR count). The van der Waals surface area contributed by atoms with E-state index in [1.54, 1.807) is 0 Å². The van der Waals surface area contributed by atoms with Gasteiger partial charge in [-0.25, -0.2) is 14.6 Å². The molecule has 0 saturated carbocycles. The van der Waals surface area contributed by atoms with Crippen LogP contribution in [0.5, 0.6) is 11.5 Å². The quantitative estimate of drug-likeness (QED) is 0.0722. The second-order valence-corrected chi connectivity index (χ2v) is 16.2. The first kappa shape index (κ1) is 42.9. The molecule has 3 N–H and O–H groups in total. The number of hydrogen-bond acceptors (Lipinski definition) is 14. The summed E-state index contributed by atoms with van der Waals surface area (Å²) < 4.78 is 19.9. The summed E-state index contributed by atoms with van der Waals surface area (Å²) in [6.45, 7) is 10.0. The second kappa shape index (κ2) is 20.4. The number of likely N-dealkylation sites (tertiary alicyclic amines) is 1. The van der Waals surface area contributed by atoms with Gasteiger partial charge in [-0.3, -0.25) is 29.5 Å². The highest BCUT2D eigenvalue weighted by molar-refractivity contribution is 6.00. The summed E-state index contributed by atoms with van der Waals surface area (Å²) in [5.74, 6) is 1.43. The van der Waals surface area contributed by atoms with Crippen molar-refractivity contribution in [1.82, 2.24) is 39.8 Å². The molecule has 5 aromatic rings. The van der Waals surface area contributed by atoms with E-state index in [0.717, 1.165) is 117 Å². The van der Waals surface area contributed by atoms with Gasteiger partial charge in [-0.2, -0.15) is 5.10 Å². The van der Waals surface area contributed by atoms with E-state index < -0.39 is 6.04 Å². The van der Waals surface area contributed by atoms with Gasteiger partial charge in [0.25, 0.3) is 0 Å². The van der Waals surface area contributed by atoms with Crippen LogP contribution in [-0.2, 0) is 25.6 Å². The maximum absolute atomic E-state index is 12.4. The normalized spacial score (nSPS) is 18.1. The molecule has 0 bridgehead atoms. The number of piperazine rings is 1. The number of hydrogen-bond donors (Lipinski definition) is 2. The van der Waals surface area contributed by atoms with Crippen LogP contribution in [0.25, 0.3) is 22.3 Å². The number of nitrogens with one attached hydrogen (secondary N) is 1. The first-order valence-electron chi connectivity index (χ1n) is 21.6. The van der Waals surface area contributed by atoms with E-state index in [-0.39, 0.29) is 17.9 Å². The van der Waals surface area contributed by atoms with Crippen LogP contribution in [0.2, 0.25) is 0 Å². The Morgan fingerprint density at radius 2 is 1.52 bits per heavy atom. The molecule has 16 nitrogen and oxygen atoms in total. The third-order valence-corrected chi connectivity index (χ3v) is 12.2. The summed E-state index contributed by atoms with van der Waals surface area (Å²) in [5, 5.41) is 8.27. The molecule has 0 aliphatic carbocycles. The van der Waals surface area contributed by atoms with Gasteiger partial charge in [0, 0.05) is 82.1 Å². The van der Waals surface area contributed by atoms with Gasteiger partial charge >= 0.3 is 0 Å². The van der Waals surface area contributed by atoms with Crippen LogP contribution in [0.4, 0.5) is 11.5 Å². The number of rotatable bonds is 18. The maximum atomic E-state index is 12.4. The lowest BCUT2D eigenvalue weighted by Crippen LogP contribution is -2.51. The number of carbonyl (C=O) groups is 3. The number of para-hydroxylation sites is 1. The molecule has 16 heteroatoms. The molecule has 2 amide bonds. The van der Waals surface area contributed by atoms with Crippen molar-refractivity contribution in [2.75, 3.05) is 96.5 Å². The molecule has 326 valence electrons. The van der Waals surface area contributed by atoms with Gasteiger partial charge in [0.05, 0.1) is 43.9 Å². The van der Waals surface area contributed by atoms with E-state index in [2.05, 4.69) is 36.1 Å². The van der Waals surface area contributed by atoms with Crippen LogP contribution < -0.4 is 20.7 Å². The zero-order valence-electron chi connectivity index (χ0n) is 35.4.